The Bertz CT molecular complexity index is 1360. The zero-order chi connectivity index (χ0) is 28.7. The highest BCUT2D eigenvalue weighted by atomic mass is 35.5. The second-order valence-electron chi connectivity index (χ2n) is 11.8. The summed E-state index contributed by atoms with van der Waals surface area (Å²) < 4.78 is 6.49. The summed E-state index contributed by atoms with van der Waals surface area (Å²) in [5.74, 6) is -2.34. The Labute approximate surface area is 250 Å². The van der Waals surface area contributed by atoms with Crippen LogP contribution in [-0.2, 0) is 25.5 Å². The maximum absolute atomic E-state index is 14.3. The number of halogens is 2. The molecule has 3 aliphatic heterocycles. The fourth-order valence-electron chi connectivity index (χ4n) is 7.17. The van der Waals surface area contributed by atoms with Crippen LogP contribution in [0.3, 0.4) is 0 Å². The molecule has 6 rings (SSSR count). The topological polar surface area (TPSA) is 87.7 Å². The molecular weight excluding hydrogens is 561 g/mol. The maximum atomic E-state index is 14.3. The number of nitrogens with one attached hydrogen (secondary N) is 2. The lowest BCUT2D eigenvalue weighted by Gasteiger charge is -2.36. The molecule has 41 heavy (non-hydrogen) atoms. The van der Waals surface area contributed by atoms with E-state index in [4.69, 9.17) is 27.9 Å². The Kier molecular flexibility index (Phi) is 7.88. The van der Waals surface area contributed by atoms with Crippen LogP contribution < -0.4 is 10.6 Å². The highest BCUT2D eigenvalue weighted by molar-refractivity contribution is 6.42. The van der Waals surface area contributed by atoms with E-state index in [1.54, 1.807) is 23.1 Å². The molecule has 0 aromatic heterocycles. The molecule has 1 saturated carbocycles. The second kappa shape index (κ2) is 11.4. The molecule has 6 unspecified atom stereocenters. The second-order valence-corrected chi connectivity index (χ2v) is 12.6. The van der Waals surface area contributed by atoms with Crippen molar-refractivity contribution in [2.75, 3.05) is 5.32 Å². The van der Waals surface area contributed by atoms with E-state index in [0.29, 0.717) is 22.2 Å². The van der Waals surface area contributed by atoms with E-state index < -0.39 is 29.6 Å². The van der Waals surface area contributed by atoms with Crippen LogP contribution >= 0.6 is 23.2 Å². The average molecular weight is 597 g/mol. The average Bonchev–Trinajstić information content (AvgIpc) is 3.62. The van der Waals surface area contributed by atoms with Gasteiger partial charge in [-0.2, -0.15) is 0 Å². The van der Waals surface area contributed by atoms with Gasteiger partial charge in [-0.1, -0.05) is 84.9 Å². The van der Waals surface area contributed by atoms with Gasteiger partial charge >= 0.3 is 0 Å². The van der Waals surface area contributed by atoms with Gasteiger partial charge in [0.2, 0.25) is 17.7 Å². The normalized spacial score (nSPS) is 29.4. The predicted octanol–water partition coefficient (Wildman–Crippen LogP) is 5.55. The number of likely N-dealkylation sites (tertiary alicyclic amines) is 1. The van der Waals surface area contributed by atoms with Gasteiger partial charge in [0, 0.05) is 17.8 Å². The number of ether oxygens (including phenoxy) is 1. The lowest BCUT2D eigenvalue weighted by molar-refractivity contribution is -0.143. The Hall–Kier alpha value is -2.87. The van der Waals surface area contributed by atoms with E-state index in [-0.39, 0.29) is 29.8 Å². The molecule has 9 heteroatoms. The van der Waals surface area contributed by atoms with Gasteiger partial charge < -0.3 is 20.3 Å². The molecule has 3 fully saturated rings. The first-order valence-corrected chi connectivity index (χ1v) is 15.3. The number of nitrogens with zero attached hydrogens (tertiary/aromatic N) is 1. The molecule has 3 heterocycles. The summed E-state index contributed by atoms with van der Waals surface area (Å²) in [6.07, 6.45) is 9.73. The first kappa shape index (κ1) is 28.3. The third-order valence-corrected chi connectivity index (χ3v) is 9.91. The van der Waals surface area contributed by atoms with Gasteiger partial charge in [-0.25, -0.2) is 0 Å². The first-order chi connectivity index (χ1) is 19.8. The molecule has 3 amide bonds. The Morgan fingerprint density at radius 2 is 1.80 bits per heavy atom. The smallest absolute Gasteiger partial charge is 0.246 e. The molecule has 2 aromatic rings. The van der Waals surface area contributed by atoms with Crippen LogP contribution in [0, 0.1) is 11.8 Å². The quantitative estimate of drug-likeness (QED) is 0.391. The van der Waals surface area contributed by atoms with Crippen LogP contribution in [0.25, 0.3) is 0 Å². The molecule has 2 aromatic carbocycles. The van der Waals surface area contributed by atoms with Crippen molar-refractivity contribution >= 4 is 46.6 Å². The van der Waals surface area contributed by atoms with Gasteiger partial charge in [0.25, 0.3) is 0 Å². The van der Waals surface area contributed by atoms with Gasteiger partial charge in [0.15, 0.2) is 0 Å². The number of hydrogen-bond acceptors (Lipinski definition) is 4. The third kappa shape index (κ3) is 5.17. The number of carbonyl (C=O) groups excluding carboxylic acids is 3. The number of carbonyl (C=O) groups is 3. The zero-order valence-corrected chi connectivity index (χ0v) is 24.5. The lowest BCUT2D eigenvalue weighted by Crippen LogP contribution is -2.58. The minimum Gasteiger partial charge on any atom is -0.359 e. The summed E-state index contributed by atoms with van der Waals surface area (Å²) in [4.78, 5) is 43.8. The molecule has 4 aliphatic rings. The summed E-state index contributed by atoms with van der Waals surface area (Å²) in [5.41, 5.74) is 0.458. The number of amides is 3. The van der Waals surface area contributed by atoms with E-state index >= 15 is 0 Å². The number of aryl methyl sites for hydroxylation is 1. The van der Waals surface area contributed by atoms with Gasteiger partial charge in [0.1, 0.15) is 11.6 Å². The van der Waals surface area contributed by atoms with Crippen molar-refractivity contribution in [3.05, 3.63) is 76.3 Å². The van der Waals surface area contributed by atoms with Crippen molar-refractivity contribution in [1.82, 2.24) is 10.2 Å². The van der Waals surface area contributed by atoms with Crippen molar-refractivity contribution in [3.63, 3.8) is 0 Å². The highest BCUT2D eigenvalue weighted by Crippen LogP contribution is 2.56. The Morgan fingerprint density at radius 3 is 2.54 bits per heavy atom. The number of rotatable bonds is 8. The van der Waals surface area contributed by atoms with E-state index in [1.807, 2.05) is 37.3 Å². The van der Waals surface area contributed by atoms with Crippen molar-refractivity contribution in [2.24, 2.45) is 11.8 Å². The molecule has 6 atom stereocenters. The Balaban J connectivity index is 1.29. The predicted molar refractivity (Wildman–Crippen MR) is 159 cm³/mol. The summed E-state index contributed by atoms with van der Waals surface area (Å²) >= 11 is 12.2. The lowest BCUT2D eigenvalue weighted by atomic mass is 9.74. The van der Waals surface area contributed by atoms with Crippen molar-refractivity contribution in [1.29, 1.82) is 0 Å². The highest BCUT2D eigenvalue weighted by Gasteiger charge is 2.73. The SMILES string of the molecule is CC(CCc1ccccc1)N1C(=O)C2C(C(=O)Nc3ccc(Cl)c(Cl)c3)C3C=CC2(O3)C1C(=O)NC1CCCCC1. The van der Waals surface area contributed by atoms with Gasteiger partial charge in [-0.05, 0) is 56.4 Å². The van der Waals surface area contributed by atoms with Crippen molar-refractivity contribution < 1.29 is 19.1 Å². The summed E-state index contributed by atoms with van der Waals surface area (Å²) in [6.45, 7) is 1.99. The number of anilines is 1. The standard InChI is InChI=1S/C32H35Cl2N3O4/c1-19(12-13-20-8-4-2-5-9-20)37-28(30(39)35-21-10-6-3-7-11-21)32-17-16-25(41-32)26(27(32)31(37)40)29(38)36-22-14-15-23(33)24(34)18-22/h2,4-5,8-9,14-19,21,25-28H,3,6-7,10-13H2,1H3,(H,35,39)(H,36,38). The minimum atomic E-state index is -1.19. The number of hydrogen-bond donors (Lipinski definition) is 2. The van der Waals surface area contributed by atoms with Gasteiger partial charge in [0.05, 0.1) is 28.0 Å². The van der Waals surface area contributed by atoms with E-state index in [1.165, 1.54) is 12.0 Å². The minimum absolute atomic E-state index is 0.0830. The molecular formula is C32H35Cl2N3O4. The molecule has 2 N–H and O–H groups in total. The molecule has 1 aliphatic carbocycles. The van der Waals surface area contributed by atoms with Gasteiger partial charge in [-0.3, -0.25) is 14.4 Å². The molecule has 0 radical (unpaired) electrons. The monoisotopic (exact) mass is 595 g/mol. The fraction of sp³-hybridized carbons (Fsp3) is 0.469. The molecule has 2 bridgehead atoms. The van der Waals surface area contributed by atoms with Crippen LogP contribution in [-0.4, -0.2) is 52.5 Å². The van der Waals surface area contributed by atoms with Crippen LogP contribution in [0.5, 0.6) is 0 Å². The van der Waals surface area contributed by atoms with E-state index in [0.717, 1.165) is 32.1 Å². The van der Waals surface area contributed by atoms with Crippen LogP contribution in [0.4, 0.5) is 5.69 Å². The molecule has 7 nitrogen and oxygen atoms in total. The summed E-state index contributed by atoms with van der Waals surface area (Å²) in [5, 5.41) is 6.85. The molecule has 1 spiro atoms. The first-order valence-electron chi connectivity index (χ1n) is 14.6. The van der Waals surface area contributed by atoms with E-state index in [9.17, 15) is 14.4 Å². The Morgan fingerprint density at radius 1 is 1.05 bits per heavy atom. The van der Waals surface area contributed by atoms with Crippen LogP contribution in [0.1, 0.15) is 51.0 Å². The summed E-state index contributed by atoms with van der Waals surface area (Å²) in [7, 11) is 0. The molecule has 216 valence electrons. The summed E-state index contributed by atoms with van der Waals surface area (Å²) in [6, 6.07) is 14.0. The maximum Gasteiger partial charge on any atom is 0.246 e. The zero-order valence-electron chi connectivity index (χ0n) is 23.0. The van der Waals surface area contributed by atoms with E-state index in [2.05, 4.69) is 22.8 Å². The fourth-order valence-corrected chi connectivity index (χ4v) is 7.46. The van der Waals surface area contributed by atoms with Crippen molar-refractivity contribution in [2.45, 2.75) is 81.7 Å². The number of benzene rings is 2. The van der Waals surface area contributed by atoms with Crippen LogP contribution in [0.2, 0.25) is 10.0 Å². The largest absolute Gasteiger partial charge is 0.359 e. The van der Waals surface area contributed by atoms with Crippen molar-refractivity contribution in [3.8, 4) is 0 Å². The third-order valence-electron chi connectivity index (χ3n) is 9.17. The number of fused-ring (bicyclic) bond motifs is 1. The molecule has 2 saturated heterocycles. The van der Waals surface area contributed by atoms with Crippen LogP contribution in [0.15, 0.2) is 60.7 Å². The van der Waals surface area contributed by atoms with Gasteiger partial charge in [-0.15, -0.1) is 0 Å².